The van der Waals surface area contributed by atoms with Gasteiger partial charge in [-0.15, -0.1) is 0 Å². The summed E-state index contributed by atoms with van der Waals surface area (Å²) in [5, 5.41) is 31.1. The van der Waals surface area contributed by atoms with Crippen LogP contribution in [0.5, 0.6) is 0 Å². The van der Waals surface area contributed by atoms with Crippen LogP contribution in [0, 0.1) is 0 Å². The number of nitrogens with one attached hydrogen (secondary N) is 1. The highest BCUT2D eigenvalue weighted by atomic mass is 32.2. The molecule has 1 aromatic carbocycles. The number of anilines is 2. The SMILES string of the molecule is O=C(O)CN(c1ccc(C(OC2CCCC2)C(=O)Nc2nc(C(O)CO)ns2)cc1)C1CCCC1=S(=O)=O. The topological polar surface area (TPSA) is 179 Å². The first-order valence-electron chi connectivity index (χ1n) is 12.4. The fourth-order valence-electron chi connectivity index (χ4n) is 4.87. The van der Waals surface area contributed by atoms with Crippen LogP contribution in [0.3, 0.4) is 0 Å². The lowest BCUT2D eigenvalue weighted by molar-refractivity contribution is -0.135. The number of aromatic nitrogens is 2. The molecule has 0 radical (unpaired) electrons. The molecule has 2 aliphatic carbocycles. The molecular weight excluding hydrogens is 536 g/mol. The van der Waals surface area contributed by atoms with Gasteiger partial charge in [0.1, 0.15) is 12.6 Å². The van der Waals surface area contributed by atoms with E-state index in [1.165, 1.54) is 0 Å². The van der Waals surface area contributed by atoms with E-state index in [1.54, 1.807) is 29.2 Å². The highest BCUT2D eigenvalue weighted by Gasteiger charge is 2.32. The van der Waals surface area contributed by atoms with E-state index in [1.807, 2.05) is 0 Å². The van der Waals surface area contributed by atoms with E-state index in [-0.39, 0.29) is 23.6 Å². The molecule has 2 fully saturated rings. The Morgan fingerprint density at radius 2 is 1.87 bits per heavy atom. The Hall–Kier alpha value is -2.91. The second-order valence-electron chi connectivity index (χ2n) is 9.29. The van der Waals surface area contributed by atoms with E-state index in [9.17, 15) is 28.2 Å². The minimum atomic E-state index is -2.40. The predicted octanol–water partition coefficient (Wildman–Crippen LogP) is 1.70. The monoisotopic (exact) mass is 566 g/mol. The molecule has 1 aromatic heterocycles. The first-order valence-corrected chi connectivity index (χ1v) is 14.2. The number of carboxylic acids is 1. The van der Waals surface area contributed by atoms with Gasteiger partial charge in [-0.25, -0.2) is 4.98 Å². The van der Waals surface area contributed by atoms with Crippen LogP contribution in [0.15, 0.2) is 24.3 Å². The molecule has 0 bridgehead atoms. The summed E-state index contributed by atoms with van der Waals surface area (Å²) in [6, 6.07) is 6.15. The summed E-state index contributed by atoms with van der Waals surface area (Å²) >= 11 is 0.871. The van der Waals surface area contributed by atoms with E-state index >= 15 is 0 Å². The van der Waals surface area contributed by atoms with Crippen LogP contribution in [0.2, 0.25) is 0 Å². The predicted molar refractivity (Wildman–Crippen MR) is 140 cm³/mol. The Kier molecular flexibility index (Phi) is 9.44. The van der Waals surface area contributed by atoms with Gasteiger partial charge in [-0.3, -0.25) is 14.9 Å². The number of aliphatic carboxylic acids is 1. The number of carbonyl (C=O) groups excluding carboxylic acids is 1. The molecule has 206 valence electrons. The lowest BCUT2D eigenvalue weighted by Crippen LogP contribution is -2.42. The Bertz CT molecular complexity index is 1270. The summed E-state index contributed by atoms with van der Waals surface area (Å²) in [4.78, 5) is 30.8. The normalized spacial score (nSPS) is 19.3. The van der Waals surface area contributed by atoms with Gasteiger partial charge in [0.2, 0.25) is 15.4 Å². The van der Waals surface area contributed by atoms with Gasteiger partial charge < -0.3 is 25.0 Å². The number of hydrogen-bond donors (Lipinski definition) is 4. The summed E-state index contributed by atoms with van der Waals surface area (Å²) in [6.07, 6.45) is 2.90. The zero-order valence-corrected chi connectivity index (χ0v) is 22.2. The number of aliphatic hydroxyl groups excluding tert-OH is 2. The molecule has 2 saturated carbocycles. The number of nitrogens with zero attached hydrogens (tertiary/aromatic N) is 3. The third-order valence-corrected chi connectivity index (χ3v) is 8.26. The fraction of sp³-hybridized carbons (Fsp3) is 0.542. The Morgan fingerprint density at radius 3 is 2.50 bits per heavy atom. The second-order valence-corrected chi connectivity index (χ2v) is 11.0. The Labute approximate surface area is 225 Å². The van der Waals surface area contributed by atoms with Crippen molar-refractivity contribution >= 4 is 49.4 Å². The molecule has 0 saturated heterocycles. The molecule has 2 aromatic rings. The van der Waals surface area contributed by atoms with Crippen molar-refractivity contribution in [2.75, 3.05) is 23.4 Å². The average molecular weight is 567 g/mol. The lowest BCUT2D eigenvalue weighted by atomic mass is 10.1. The van der Waals surface area contributed by atoms with Gasteiger partial charge >= 0.3 is 5.97 Å². The van der Waals surface area contributed by atoms with Crippen molar-refractivity contribution in [1.29, 1.82) is 0 Å². The largest absolute Gasteiger partial charge is 0.480 e. The number of rotatable bonds is 11. The second kappa shape index (κ2) is 12.8. The summed E-state index contributed by atoms with van der Waals surface area (Å²) < 4.78 is 33.6. The summed E-state index contributed by atoms with van der Waals surface area (Å²) in [5.41, 5.74) is 1.06. The number of benzene rings is 1. The van der Waals surface area contributed by atoms with Crippen LogP contribution in [0.4, 0.5) is 10.8 Å². The van der Waals surface area contributed by atoms with Gasteiger partial charge in [0.25, 0.3) is 5.91 Å². The van der Waals surface area contributed by atoms with Crippen molar-refractivity contribution in [3.63, 3.8) is 0 Å². The maximum Gasteiger partial charge on any atom is 0.323 e. The van der Waals surface area contributed by atoms with Crippen molar-refractivity contribution in [2.45, 2.75) is 69.3 Å². The first kappa shape index (κ1) is 28.1. The standard InChI is InChI=1S/C24H30N4O8S2/c29-13-18(30)22-25-24(37-27-22)26-23(33)21(36-16-4-1-2-5-16)14-8-10-15(11-9-14)28(12-20(31)32)17-6-3-7-19(17)38(34)35/h8-11,16-18,21,29-30H,1-7,12-13H2,(H,31,32)(H,25,26,27,33). The molecule has 0 spiro atoms. The summed E-state index contributed by atoms with van der Waals surface area (Å²) in [6.45, 7) is -0.917. The van der Waals surface area contributed by atoms with Crippen LogP contribution in [0.1, 0.15) is 68.5 Å². The molecule has 12 nitrogen and oxygen atoms in total. The van der Waals surface area contributed by atoms with Crippen molar-refractivity contribution in [3.8, 4) is 0 Å². The summed E-state index contributed by atoms with van der Waals surface area (Å²) in [7, 11) is -2.40. The minimum Gasteiger partial charge on any atom is -0.480 e. The lowest BCUT2D eigenvalue weighted by Gasteiger charge is -2.30. The van der Waals surface area contributed by atoms with E-state index in [4.69, 9.17) is 9.84 Å². The van der Waals surface area contributed by atoms with Crippen molar-refractivity contribution < 1.29 is 38.1 Å². The van der Waals surface area contributed by atoms with Crippen LogP contribution >= 0.6 is 11.5 Å². The quantitative estimate of drug-likeness (QED) is 0.291. The highest BCUT2D eigenvalue weighted by Crippen LogP contribution is 2.32. The molecule has 38 heavy (non-hydrogen) atoms. The molecule has 3 atom stereocenters. The average Bonchev–Trinajstić information content (AvgIpc) is 3.67. The molecule has 3 unspecified atom stereocenters. The van der Waals surface area contributed by atoms with Gasteiger partial charge in [-0.2, -0.15) is 12.8 Å². The third-order valence-electron chi connectivity index (χ3n) is 6.71. The molecule has 1 heterocycles. The van der Waals surface area contributed by atoms with E-state index in [0.717, 1.165) is 37.2 Å². The fourth-order valence-corrected chi connectivity index (χ4v) is 6.27. The number of ether oxygens (including phenoxy) is 1. The number of hydrogen-bond acceptors (Lipinski definition) is 11. The molecule has 14 heteroatoms. The van der Waals surface area contributed by atoms with Crippen LogP contribution in [-0.2, 0) is 24.6 Å². The molecule has 0 aliphatic heterocycles. The van der Waals surface area contributed by atoms with Crippen LogP contribution < -0.4 is 10.2 Å². The molecular formula is C24H30N4O8S2. The number of carbonyl (C=O) groups is 2. The van der Waals surface area contributed by atoms with Gasteiger partial charge in [-0.05, 0) is 49.8 Å². The Balaban J connectivity index is 1.58. The first-order chi connectivity index (χ1) is 18.3. The van der Waals surface area contributed by atoms with E-state index < -0.39 is 47.0 Å². The van der Waals surface area contributed by atoms with E-state index in [0.29, 0.717) is 35.4 Å². The highest BCUT2D eigenvalue weighted by molar-refractivity contribution is 7.73. The molecule has 2 aliphatic rings. The van der Waals surface area contributed by atoms with Crippen LogP contribution in [-0.4, -0.2) is 75.1 Å². The maximum absolute atomic E-state index is 13.3. The molecule has 1 amide bonds. The Morgan fingerprint density at radius 1 is 1.16 bits per heavy atom. The molecule has 4 rings (SSSR count). The number of aliphatic hydroxyl groups is 2. The zero-order valence-electron chi connectivity index (χ0n) is 20.5. The van der Waals surface area contributed by atoms with Gasteiger partial charge in [0.15, 0.2) is 11.9 Å². The van der Waals surface area contributed by atoms with Crippen molar-refractivity contribution in [1.82, 2.24) is 9.36 Å². The minimum absolute atomic E-state index is 0.00559. The number of amides is 1. The van der Waals surface area contributed by atoms with E-state index in [2.05, 4.69) is 14.7 Å². The van der Waals surface area contributed by atoms with Crippen molar-refractivity contribution in [2.24, 2.45) is 0 Å². The van der Waals surface area contributed by atoms with Crippen LogP contribution in [0.25, 0.3) is 0 Å². The third kappa shape index (κ3) is 6.74. The van der Waals surface area contributed by atoms with Gasteiger partial charge in [0.05, 0.1) is 23.6 Å². The van der Waals surface area contributed by atoms with Gasteiger partial charge in [0, 0.05) is 17.2 Å². The maximum atomic E-state index is 13.3. The molecule has 4 N–H and O–H groups in total. The summed E-state index contributed by atoms with van der Waals surface area (Å²) in [5.74, 6) is -1.56. The van der Waals surface area contributed by atoms with Gasteiger partial charge in [-0.1, -0.05) is 25.0 Å². The smallest absolute Gasteiger partial charge is 0.323 e. The number of carboxylic acid groups (broad SMARTS) is 1. The zero-order chi connectivity index (χ0) is 27.2. The van der Waals surface area contributed by atoms with Crippen molar-refractivity contribution in [3.05, 3.63) is 35.7 Å².